The summed E-state index contributed by atoms with van der Waals surface area (Å²) in [6.07, 6.45) is 2.20. The highest BCUT2D eigenvalue weighted by Crippen LogP contribution is 2.36. The van der Waals surface area contributed by atoms with Crippen LogP contribution < -0.4 is 5.73 Å². The quantitative estimate of drug-likeness (QED) is 0.298. The maximum absolute atomic E-state index is 12.2. The lowest BCUT2D eigenvalue weighted by Gasteiger charge is -2.22. The van der Waals surface area contributed by atoms with Crippen LogP contribution >= 0.6 is 0 Å². The predicted octanol–water partition coefficient (Wildman–Crippen LogP) is 2.95. The molecule has 0 bridgehead atoms. The van der Waals surface area contributed by atoms with Crippen LogP contribution in [0.2, 0.25) is 0 Å². The van der Waals surface area contributed by atoms with Gasteiger partial charge >= 0.3 is 5.97 Å². The van der Waals surface area contributed by atoms with Gasteiger partial charge in [0.1, 0.15) is 5.60 Å². The highest BCUT2D eigenvalue weighted by molar-refractivity contribution is 6.00. The number of ether oxygens (including phenoxy) is 1. The van der Waals surface area contributed by atoms with E-state index in [4.69, 9.17) is 15.7 Å². The van der Waals surface area contributed by atoms with Gasteiger partial charge in [-0.1, -0.05) is 17.3 Å². The highest BCUT2D eigenvalue weighted by atomic mass is 16.6. The third-order valence-corrected chi connectivity index (χ3v) is 4.25. The molecule has 6 heteroatoms. The molecule has 0 saturated heterocycles. The number of fused-ring (bicyclic) bond motifs is 3. The van der Waals surface area contributed by atoms with Crippen LogP contribution in [-0.4, -0.2) is 27.2 Å². The molecule has 0 aliphatic carbocycles. The van der Waals surface area contributed by atoms with E-state index in [0.717, 1.165) is 23.7 Å². The third kappa shape index (κ3) is 3.09. The number of nitrogens with two attached hydrogens (primary N) is 1. The molecule has 0 fully saturated rings. The van der Waals surface area contributed by atoms with Crippen LogP contribution in [0.15, 0.2) is 29.4 Å². The molecule has 0 radical (unpaired) electrons. The maximum atomic E-state index is 12.2. The summed E-state index contributed by atoms with van der Waals surface area (Å²) in [6.45, 7) is 5.62. The second-order valence-corrected chi connectivity index (χ2v) is 7.25. The molecular formula is C18H23N3O3. The summed E-state index contributed by atoms with van der Waals surface area (Å²) in [5.74, 6) is -0.107. The summed E-state index contributed by atoms with van der Waals surface area (Å²) in [5.41, 5.74) is 8.09. The molecule has 1 aromatic heterocycles. The molecular weight excluding hydrogens is 306 g/mol. The molecule has 1 aliphatic rings. The molecule has 2 aromatic rings. The van der Waals surface area contributed by atoms with Crippen molar-refractivity contribution in [2.45, 2.75) is 51.7 Å². The van der Waals surface area contributed by atoms with E-state index in [9.17, 15) is 4.79 Å². The minimum absolute atomic E-state index is 0.0779. The van der Waals surface area contributed by atoms with Gasteiger partial charge in [0, 0.05) is 22.8 Å². The van der Waals surface area contributed by atoms with Gasteiger partial charge in [0.05, 0.1) is 6.42 Å². The van der Waals surface area contributed by atoms with Gasteiger partial charge in [-0.25, -0.2) is 0 Å². The lowest BCUT2D eigenvalue weighted by atomic mass is 10.1. The summed E-state index contributed by atoms with van der Waals surface area (Å²) < 4.78 is 7.65. The molecule has 2 heterocycles. The lowest BCUT2D eigenvalue weighted by molar-refractivity contribution is -0.155. The fourth-order valence-electron chi connectivity index (χ4n) is 3.33. The van der Waals surface area contributed by atoms with E-state index < -0.39 is 5.60 Å². The van der Waals surface area contributed by atoms with Gasteiger partial charge in [-0.2, -0.15) is 0 Å². The zero-order chi connectivity index (χ0) is 17.5. The van der Waals surface area contributed by atoms with Gasteiger partial charge in [-0.3, -0.25) is 4.79 Å². The number of hydrogen-bond donors (Lipinski definition) is 2. The second-order valence-electron chi connectivity index (χ2n) is 7.25. The first-order chi connectivity index (χ1) is 11.3. The van der Waals surface area contributed by atoms with Crippen molar-refractivity contribution in [1.82, 2.24) is 4.57 Å². The Kier molecular flexibility index (Phi) is 3.99. The van der Waals surface area contributed by atoms with Crippen molar-refractivity contribution in [2.75, 3.05) is 0 Å². The van der Waals surface area contributed by atoms with E-state index in [0.29, 0.717) is 12.0 Å². The van der Waals surface area contributed by atoms with Crippen molar-refractivity contribution in [2.24, 2.45) is 10.9 Å². The molecule has 0 spiro atoms. The number of esters is 1. The fraction of sp³-hybridized carbons (Fsp3) is 0.444. The van der Waals surface area contributed by atoms with E-state index in [1.165, 1.54) is 5.69 Å². The molecule has 3 N–H and O–H groups in total. The summed E-state index contributed by atoms with van der Waals surface area (Å²) in [5, 5.41) is 13.0. The normalized spacial score (nSPS) is 18.0. The lowest BCUT2D eigenvalue weighted by Crippen LogP contribution is -2.25. The van der Waals surface area contributed by atoms with E-state index in [-0.39, 0.29) is 17.8 Å². The Bertz CT molecular complexity index is 815. The number of carbonyl (C=O) groups is 1. The summed E-state index contributed by atoms with van der Waals surface area (Å²) >= 11 is 0. The van der Waals surface area contributed by atoms with Crippen LogP contribution in [0.3, 0.4) is 0 Å². The predicted molar refractivity (Wildman–Crippen MR) is 92.3 cm³/mol. The molecule has 3 rings (SSSR count). The van der Waals surface area contributed by atoms with Crippen LogP contribution in [0.4, 0.5) is 0 Å². The molecule has 0 amide bonds. The molecule has 1 unspecified atom stereocenters. The number of benzene rings is 1. The van der Waals surface area contributed by atoms with Crippen molar-refractivity contribution in [3.63, 3.8) is 0 Å². The SMILES string of the molecule is CC(C)(C)OC(=O)CC1CCc2cc3ccc(C(N)=NO)cc3n21. The van der Waals surface area contributed by atoms with Gasteiger partial charge in [-0.05, 0) is 51.1 Å². The highest BCUT2D eigenvalue weighted by Gasteiger charge is 2.28. The van der Waals surface area contributed by atoms with Crippen molar-refractivity contribution in [3.8, 4) is 0 Å². The number of oxime groups is 1. The Morgan fingerprint density at radius 2 is 2.17 bits per heavy atom. The number of aromatic nitrogens is 1. The molecule has 1 atom stereocenters. The van der Waals surface area contributed by atoms with Crippen LogP contribution in [0.5, 0.6) is 0 Å². The molecule has 1 aliphatic heterocycles. The number of rotatable bonds is 3. The number of aryl methyl sites for hydroxylation is 1. The van der Waals surface area contributed by atoms with Crippen LogP contribution in [0, 0.1) is 0 Å². The number of carbonyl (C=O) groups excluding carboxylic acids is 1. The minimum atomic E-state index is -0.476. The standard InChI is InChI=1S/C18H23N3O3/c1-18(2,3)24-16(22)10-14-7-6-13-8-11-4-5-12(17(19)20-23)9-15(11)21(13)14/h4-5,8-9,14,23H,6-7,10H2,1-3H3,(H2,19,20). The van der Waals surface area contributed by atoms with E-state index in [1.54, 1.807) is 0 Å². The van der Waals surface area contributed by atoms with E-state index in [1.807, 2.05) is 39.0 Å². The van der Waals surface area contributed by atoms with Gasteiger partial charge in [0.25, 0.3) is 0 Å². The van der Waals surface area contributed by atoms with Crippen LogP contribution in [-0.2, 0) is 16.0 Å². The topological polar surface area (TPSA) is 89.8 Å². The van der Waals surface area contributed by atoms with E-state index in [2.05, 4.69) is 15.8 Å². The summed E-state index contributed by atoms with van der Waals surface area (Å²) in [6, 6.07) is 7.91. The molecule has 128 valence electrons. The largest absolute Gasteiger partial charge is 0.460 e. The zero-order valence-electron chi connectivity index (χ0n) is 14.2. The summed E-state index contributed by atoms with van der Waals surface area (Å²) in [7, 11) is 0. The Morgan fingerprint density at radius 3 is 2.83 bits per heavy atom. The zero-order valence-corrected chi connectivity index (χ0v) is 14.2. The fourth-order valence-corrected chi connectivity index (χ4v) is 3.33. The van der Waals surface area contributed by atoms with Crippen molar-refractivity contribution in [1.29, 1.82) is 0 Å². The minimum Gasteiger partial charge on any atom is -0.460 e. The summed E-state index contributed by atoms with van der Waals surface area (Å²) in [4.78, 5) is 12.2. The van der Waals surface area contributed by atoms with E-state index >= 15 is 0 Å². The average Bonchev–Trinajstić information content (AvgIpc) is 3.03. The second kappa shape index (κ2) is 5.85. The average molecular weight is 329 g/mol. The molecule has 1 aromatic carbocycles. The Morgan fingerprint density at radius 1 is 1.42 bits per heavy atom. The van der Waals surface area contributed by atoms with Crippen molar-refractivity contribution in [3.05, 3.63) is 35.5 Å². The molecule has 0 saturated carbocycles. The molecule has 6 nitrogen and oxygen atoms in total. The number of nitrogens with zero attached hydrogens (tertiary/aromatic N) is 2. The van der Waals surface area contributed by atoms with Crippen LogP contribution in [0.1, 0.15) is 50.9 Å². The van der Waals surface area contributed by atoms with Gasteiger partial charge < -0.3 is 20.2 Å². The van der Waals surface area contributed by atoms with Gasteiger partial charge in [0.2, 0.25) is 0 Å². The third-order valence-electron chi connectivity index (χ3n) is 4.25. The molecule has 24 heavy (non-hydrogen) atoms. The maximum Gasteiger partial charge on any atom is 0.308 e. The smallest absolute Gasteiger partial charge is 0.308 e. The number of amidine groups is 1. The van der Waals surface area contributed by atoms with Crippen LogP contribution in [0.25, 0.3) is 10.9 Å². The Balaban J connectivity index is 1.93. The Hall–Kier alpha value is -2.50. The van der Waals surface area contributed by atoms with Gasteiger partial charge in [-0.15, -0.1) is 0 Å². The first-order valence-corrected chi connectivity index (χ1v) is 8.12. The first kappa shape index (κ1) is 16.4. The van der Waals surface area contributed by atoms with Crippen molar-refractivity contribution >= 4 is 22.7 Å². The monoisotopic (exact) mass is 329 g/mol. The van der Waals surface area contributed by atoms with Crippen molar-refractivity contribution < 1.29 is 14.7 Å². The van der Waals surface area contributed by atoms with Gasteiger partial charge in [0.15, 0.2) is 5.84 Å². The first-order valence-electron chi connectivity index (χ1n) is 8.12. The number of hydrogen-bond acceptors (Lipinski definition) is 4. The Labute approximate surface area is 140 Å².